The van der Waals surface area contributed by atoms with Crippen LogP contribution in [0, 0.1) is 6.92 Å². The molecule has 0 aliphatic carbocycles. The maximum atomic E-state index is 12.0. The maximum Gasteiger partial charge on any atom is 0.262 e. The van der Waals surface area contributed by atoms with E-state index < -0.39 is 0 Å². The topological polar surface area (TPSA) is 47.6 Å². The van der Waals surface area contributed by atoms with Crippen LogP contribution in [-0.2, 0) is 4.79 Å². The molecule has 0 aliphatic heterocycles. The number of para-hydroxylation sites is 3. The Morgan fingerprint density at radius 2 is 1.67 bits per heavy atom. The second-order valence-corrected chi connectivity index (χ2v) is 4.53. The summed E-state index contributed by atoms with van der Waals surface area (Å²) >= 11 is 0. The van der Waals surface area contributed by atoms with E-state index in [9.17, 15) is 4.79 Å². The first-order valence-corrected chi connectivity index (χ1v) is 6.91. The molecule has 1 N–H and O–H groups in total. The largest absolute Gasteiger partial charge is 0.492 e. The van der Waals surface area contributed by atoms with E-state index in [1.54, 1.807) is 6.07 Å². The molecule has 0 atom stereocenters. The predicted octanol–water partition coefficient (Wildman–Crippen LogP) is 3.41. The molecule has 2 rings (SSSR count). The fourth-order valence-electron chi connectivity index (χ4n) is 1.90. The van der Waals surface area contributed by atoms with Crippen LogP contribution in [0.1, 0.15) is 12.5 Å². The van der Waals surface area contributed by atoms with Gasteiger partial charge in [0.15, 0.2) is 6.61 Å². The molecule has 0 spiro atoms. The van der Waals surface area contributed by atoms with Gasteiger partial charge >= 0.3 is 0 Å². The number of benzene rings is 2. The molecule has 0 saturated heterocycles. The minimum atomic E-state index is -0.217. The Kier molecular flexibility index (Phi) is 5.21. The zero-order chi connectivity index (χ0) is 15.1. The van der Waals surface area contributed by atoms with E-state index >= 15 is 0 Å². The Hall–Kier alpha value is -2.49. The Labute approximate surface area is 124 Å². The molecule has 0 radical (unpaired) electrons. The van der Waals surface area contributed by atoms with Gasteiger partial charge in [0, 0.05) is 0 Å². The van der Waals surface area contributed by atoms with Gasteiger partial charge in [-0.05, 0) is 37.6 Å². The average Bonchev–Trinajstić information content (AvgIpc) is 2.49. The van der Waals surface area contributed by atoms with Gasteiger partial charge in [0.05, 0.1) is 12.3 Å². The zero-order valence-corrected chi connectivity index (χ0v) is 12.3. The first-order valence-electron chi connectivity index (χ1n) is 6.91. The van der Waals surface area contributed by atoms with Gasteiger partial charge in [-0.15, -0.1) is 0 Å². The Balaban J connectivity index is 1.95. The van der Waals surface area contributed by atoms with Crippen molar-refractivity contribution in [2.45, 2.75) is 13.8 Å². The molecule has 0 aliphatic rings. The predicted molar refractivity (Wildman–Crippen MR) is 82.9 cm³/mol. The fraction of sp³-hybridized carbons (Fsp3) is 0.235. The number of aryl methyl sites for hydroxylation is 1. The molecule has 21 heavy (non-hydrogen) atoms. The van der Waals surface area contributed by atoms with Crippen molar-refractivity contribution in [1.29, 1.82) is 0 Å². The third kappa shape index (κ3) is 4.24. The van der Waals surface area contributed by atoms with Gasteiger partial charge in [-0.25, -0.2) is 0 Å². The van der Waals surface area contributed by atoms with Gasteiger partial charge in [-0.2, -0.15) is 0 Å². The lowest BCUT2D eigenvalue weighted by atomic mass is 10.2. The molecule has 1 amide bonds. The number of anilines is 1. The number of carbonyl (C=O) groups excluding carboxylic acids is 1. The molecular formula is C17H19NO3. The van der Waals surface area contributed by atoms with Gasteiger partial charge < -0.3 is 14.8 Å². The molecule has 2 aromatic rings. The third-order valence-corrected chi connectivity index (χ3v) is 2.91. The molecule has 4 nitrogen and oxygen atoms in total. The number of ether oxygens (including phenoxy) is 2. The lowest BCUT2D eigenvalue weighted by molar-refractivity contribution is -0.118. The molecule has 0 heterocycles. The summed E-state index contributed by atoms with van der Waals surface area (Å²) in [5.74, 6) is 1.15. The summed E-state index contributed by atoms with van der Waals surface area (Å²) in [5, 5.41) is 2.80. The molecule has 0 fully saturated rings. The molecule has 0 bridgehead atoms. The monoisotopic (exact) mass is 285 g/mol. The van der Waals surface area contributed by atoms with Crippen LogP contribution in [0.5, 0.6) is 11.5 Å². The van der Waals surface area contributed by atoms with E-state index in [0.717, 1.165) is 5.56 Å². The number of carbonyl (C=O) groups is 1. The van der Waals surface area contributed by atoms with Crippen LogP contribution >= 0.6 is 0 Å². The third-order valence-electron chi connectivity index (χ3n) is 2.91. The van der Waals surface area contributed by atoms with Gasteiger partial charge in [0.1, 0.15) is 11.5 Å². The van der Waals surface area contributed by atoms with Crippen molar-refractivity contribution in [3.05, 3.63) is 54.1 Å². The van der Waals surface area contributed by atoms with Crippen molar-refractivity contribution in [1.82, 2.24) is 0 Å². The minimum Gasteiger partial charge on any atom is -0.492 e. The minimum absolute atomic E-state index is 0.0364. The van der Waals surface area contributed by atoms with E-state index in [0.29, 0.717) is 23.8 Å². The molecule has 0 saturated carbocycles. The highest BCUT2D eigenvalue weighted by molar-refractivity contribution is 5.93. The van der Waals surface area contributed by atoms with Crippen LogP contribution < -0.4 is 14.8 Å². The zero-order valence-electron chi connectivity index (χ0n) is 12.3. The van der Waals surface area contributed by atoms with Crippen LogP contribution in [0.2, 0.25) is 0 Å². The summed E-state index contributed by atoms with van der Waals surface area (Å²) in [7, 11) is 0. The Morgan fingerprint density at radius 3 is 2.38 bits per heavy atom. The van der Waals surface area contributed by atoms with Gasteiger partial charge in [0.25, 0.3) is 5.91 Å². The van der Waals surface area contributed by atoms with E-state index in [2.05, 4.69) is 5.32 Å². The first-order chi connectivity index (χ1) is 10.2. The smallest absolute Gasteiger partial charge is 0.262 e. The molecular weight excluding hydrogens is 266 g/mol. The second-order valence-electron chi connectivity index (χ2n) is 4.53. The Bertz CT molecular complexity index is 610. The number of hydrogen-bond acceptors (Lipinski definition) is 3. The SMILES string of the molecule is CCOc1ccccc1NC(=O)COc1ccccc1C. The molecule has 110 valence electrons. The van der Waals surface area contributed by atoms with E-state index in [1.807, 2.05) is 56.3 Å². The molecule has 0 aromatic heterocycles. The quantitative estimate of drug-likeness (QED) is 0.884. The van der Waals surface area contributed by atoms with Crippen molar-refractivity contribution in [2.24, 2.45) is 0 Å². The van der Waals surface area contributed by atoms with Crippen molar-refractivity contribution >= 4 is 11.6 Å². The van der Waals surface area contributed by atoms with Crippen LogP contribution in [0.4, 0.5) is 5.69 Å². The highest BCUT2D eigenvalue weighted by Gasteiger charge is 2.08. The lowest BCUT2D eigenvalue weighted by Crippen LogP contribution is -2.20. The Morgan fingerprint density at radius 1 is 1.00 bits per heavy atom. The highest BCUT2D eigenvalue weighted by atomic mass is 16.5. The molecule has 0 unspecified atom stereocenters. The van der Waals surface area contributed by atoms with Gasteiger partial charge in [-0.1, -0.05) is 30.3 Å². The maximum absolute atomic E-state index is 12.0. The summed E-state index contributed by atoms with van der Waals surface area (Å²) in [6.07, 6.45) is 0. The summed E-state index contributed by atoms with van der Waals surface area (Å²) in [4.78, 5) is 12.0. The van der Waals surface area contributed by atoms with Crippen molar-refractivity contribution in [2.75, 3.05) is 18.5 Å². The number of nitrogens with one attached hydrogen (secondary N) is 1. The summed E-state index contributed by atoms with van der Waals surface area (Å²) in [6.45, 7) is 4.36. The summed E-state index contributed by atoms with van der Waals surface area (Å²) in [5.41, 5.74) is 1.65. The fourth-order valence-corrected chi connectivity index (χ4v) is 1.90. The van der Waals surface area contributed by atoms with Gasteiger partial charge in [0.2, 0.25) is 0 Å². The lowest BCUT2D eigenvalue weighted by Gasteiger charge is -2.12. The van der Waals surface area contributed by atoms with Crippen molar-refractivity contribution in [3.63, 3.8) is 0 Å². The first kappa shape index (κ1) is 14.9. The number of amides is 1. The van der Waals surface area contributed by atoms with Crippen LogP contribution in [0.3, 0.4) is 0 Å². The van der Waals surface area contributed by atoms with E-state index in [1.165, 1.54) is 0 Å². The summed E-state index contributed by atoms with van der Waals surface area (Å²) in [6, 6.07) is 14.9. The number of hydrogen-bond donors (Lipinski definition) is 1. The average molecular weight is 285 g/mol. The standard InChI is InChI=1S/C17H19NO3/c1-3-20-16-11-7-5-9-14(16)18-17(19)12-21-15-10-6-4-8-13(15)2/h4-11H,3,12H2,1-2H3,(H,18,19). The van der Waals surface area contributed by atoms with Crippen molar-refractivity contribution < 1.29 is 14.3 Å². The normalized spacial score (nSPS) is 10.0. The van der Waals surface area contributed by atoms with E-state index in [-0.39, 0.29) is 12.5 Å². The van der Waals surface area contributed by atoms with Gasteiger partial charge in [-0.3, -0.25) is 4.79 Å². The van der Waals surface area contributed by atoms with Crippen molar-refractivity contribution in [3.8, 4) is 11.5 Å². The molecule has 4 heteroatoms. The molecule has 2 aromatic carbocycles. The second kappa shape index (κ2) is 7.33. The van der Waals surface area contributed by atoms with Crippen LogP contribution in [-0.4, -0.2) is 19.1 Å². The van der Waals surface area contributed by atoms with Crippen LogP contribution in [0.15, 0.2) is 48.5 Å². The van der Waals surface area contributed by atoms with Crippen LogP contribution in [0.25, 0.3) is 0 Å². The highest BCUT2D eigenvalue weighted by Crippen LogP contribution is 2.23. The van der Waals surface area contributed by atoms with E-state index in [4.69, 9.17) is 9.47 Å². The summed E-state index contributed by atoms with van der Waals surface area (Å²) < 4.78 is 11.0. The number of rotatable bonds is 6.